The Labute approximate surface area is 196 Å². The molecule has 0 bridgehead atoms. The van der Waals surface area contributed by atoms with Gasteiger partial charge in [-0.15, -0.1) is 0 Å². The Balaban J connectivity index is -0.000000155. The van der Waals surface area contributed by atoms with Crippen LogP contribution in [0.25, 0.3) is 0 Å². The summed E-state index contributed by atoms with van der Waals surface area (Å²) in [5.41, 5.74) is 1.27. The number of unbranched alkanes of at least 4 members (excludes halogenated alkanes) is 6. The van der Waals surface area contributed by atoms with Crippen molar-refractivity contribution in [3.05, 3.63) is 49.2 Å². The van der Waals surface area contributed by atoms with Gasteiger partial charge in [0.05, 0.1) is 5.97 Å². The molecule has 0 heterocycles. The number of aromatic carboxylic acids is 1. The number of carbonyl (C=O) groups is 2. The summed E-state index contributed by atoms with van der Waals surface area (Å²) in [6, 6.07) is 6.55. The first-order chi connectivity index (χ1) is 13.3. The first-order valence-corrected chi connectivity index (χ1v) is 10.4. The normalized spacial score (nSPS) is 8.62. The summed E-state index contributed by atoms with van der Waals surface area (Å²) in [5, 5.41) is 20.1. The maximum atomic E-state index is 10.2. The molecule has 0 spiro atoms. The third-order valence-electron chi connectivity index (χ3n) is 3.48. The fourth-order valence-electron chi connectivity index (χ4n) is 1.56. The van der Waals surface area contributed by atoms with E-state index in [1.165, 1.54) is 37.8 Å². The van der Waals surface area contributed by atoms with Gasteiger partial charge >= 0.3 is 23.9 Å². The molecular formula is C24H40O4Sn. The topological polar surface area (TPSA) is 80.3 Å². The number of carbonyl (C=O) groups excluding carboxylic acids is 2. The molecule has 4 radical (unpaired) electrons. The maximum absolute atomic E-state index is 10.2. The Bertz CT molecular complexity index is 450. The number of aliphatic carboxylic acids is 1. The molecule has 0 saturated heterocycles. The molecule has 0 aliphatic carbocycles. The van der Waals surface area contributed by atoms with Gasteiger partial charge in [-0.1, -0.05) is 116 Å². The Morgan fingerprint density at radius 3 is 1.52 bits per heavy atom. The van der Waals surface area contributed by atoms with Gasteiger partial charge in [-0.25, -0.2) is 0 Å². The quantitative estimate of drug-likeness (QED) is 0.366. The molecule has 0 atom stereocenters. The van der Waals surface area contributed by atoms with Gasteiger partial charge in [-0.3, -0.25) is 0 Å². The van der Waals surface area contributed by atoms with Crippen molar-refractivity contribution < 1.29 is 19.8 Å². The summed E-state index contributed by atoms with van der Waals surface area (Å²) in [4.78, 5) is 20.1. The van der Waals surface area contributed by atoms with Crippen molar-refractivity contribution in [1.82, 2.24) is 0 Å². The number of carboxylic acids is 2. The molecule has 29 heavy (non-hydrogen) atoms. The second-order valence-corrected chi connectivity index (χ2v) is 6.40. The van der Waals surface area contributed by atoms with Gasteiger partial charge in [0.15, 0.2) is 0 Å². The van der Waals surface area contributed by atoms with Crippen molar-refractivity contribution in [1.29, 1.82) is 0 Å². The minimum Gasteiger partial charge on any atom is -0.550 e. The van der Waals surface area contributed by atoms with Crippen LogP contribution in [-0.4, -0.2) is 35.8 Å². The standard InChI is InChI=1S/C8H8O2.C8H16O2.2C4H9.Sn/c1-6-2-4-7(5-3-6)8(9)10;1-2-3-4-5-6-7-8(9)10;2*1-3-4-2;/h2-5H,1H3,(H,9,10);2-7H2,1H3,(H,9,10);2*1,3-4H2,2H3;/q;;;;+2/p-2. The SMILES string of the molecule is CCCCCCCC(=O)[O-].Cc1ccc(C(=O)[O-])cc1.[CH2]CCC.[CH2]CCC.[Sn+2]. The number of aryl methyl sites for hydroxylation is 1. The average molecular weight is 511 g/mol. The number of hydrogen-bond acceptors (Lipinski definition) is 4. The first-order valence-electron chi connectivity index (χ1n) is 10.4. The van der Waals surface area contributed by atoms with E-state index >= 15 is 0 Å². The zero-order valence-corrected chi connectivity index (χ0v) is 21.8. The van der Waals surface area contributed by atoms with Crippen LogP contribution >= 0.6 is 0 Å². The van der Waals surface area contributed by atoms with Crippen molar-refractivity contribution in [3.8, 4) is 0 Å². The fourth-order valence-corrected chi connectivity index (χ4v) is 1.56. The zero-order valence-electron chi connectivity index (χ0n) is 18.9. The molecule has 4 nitrogen and oxygen atoms in total. The van der Waals surface area contributed by atoms with Crippen molar-refractivity contribution in [2.75, 3.05) is 0 Å². The Morgan fingerprint density at radius 2 is 1.21 bits per heavy atom. The van der Waals surface area contributed by atoms with Crippen LogP contribution in [0.4, 0.5) is 0 Å². The molecular weight excluding hydrogens is 471 g/mol. The van der Waals surface area contributed by atoms with E-state index in [2.05, 4.69) is 34.6 Å². The van der Waals surface area contributed by atoms with E-state index in [1.807, 2.05) is 6.92 Å². The van der Waals surface area contributed by atoms with Gasteiger partial charge < -0.3 is 19.8 Å². The molecule has 0 unspecified atom stereocenters. The Morgan fingerprint density at radius 1 is 0.793 bits per heavy atom. The van der Waals surface area contributed by atoms with E-state index in [9.17, 15) is 19.8 Å². The minimum atomic E-state index is -1.12. The van der Waals surface area contributed by atoms with E-state index in [-0.39, 0.29) is 35.9 Å². The summed E-state index contributed by atoms with van der Waals surface area (Å²) in [6.45, 7) is 15.5. The molecule has 0 aliphatic rings. The third kappa shape index (κ3) is 34.8. The largest absolute Gasteiger partial charge is 2.00 e. The fraction of sp³-hybridized carbons (Fsp3) is 0.583. The van der Waals surface area contributed by atoms with Gasteiger partial charge in [0.2, 0.25) is 0 Å². The molecule has 164 valence electrons. The number of carboxylic acid groups (broad SMARTS) is 2. The zero-order chi connectivity index (χ0) is 22.2. The van der Waals surface area contributed by atoms with Crippen LogP contribution in [0.2, 0.25) is 0 Å². The van der Waals surface area contributed by atoms with Crippen LogP contribution in [-0.2, 0) is 4.79 Å². The number of rotatable bonds is 9. The molecule has 5 heteroatoms. The predicted molar refractivity (Wildman–Crippen MR) is 120 cm³/mol. The van der Waals surface area contributed by atoms with E-state index in [0.29, 0.717) is 0 Å². The van der Waals surface area contributed by atoms with Crippen molar-refractivity contribution >= 4 is 35.8 Å². The molecule has 1 aromatic carbocycles. The van der Waals surface area contributed by atoms with Crippen LogP contribution in [0.5, 0.6) is 0 Å². The minimum absolute atomic E-state index is 0. The average Bonchev–Trinajstić information content (AvgIpc) is 2.69. The summed E-state index contributed by atoms with van der Waals surface area (Å²) in [7, 11) is 0. The summed E-state index contributed by atoms with van der Waals surface area (Å²) in [5.74, 6) is -2.04. The van der Waals surface area contributed by atoms with Crippen LogP contribution in [0.3, 0.4) is 0 Å². The molecule has 1 aromatic rings. The Hall–Kier alpha value is -1.04. The van der Waals surface area contributed by atoms with Gasteiger partial charge in [0, 0.05) is 5.97 Å². The Kier molecular flexibility index (Phi) is 35.6. The second kappa shape index (κ2) is 29.2. The van der Waals surface area contributed by atoms with Crippen LogP contribution < -0.4 is 10.2 Å². The second-order valence-electron chi connectivity index (χ2n) is 6.40. The summed E-state index contributed by atoms with van der Waals surface area (Å²) < 4.78 is 0. The molecule has 0 aliphatic heterocycles. The van der Waals surface area contributed by atoms with E-state index < -0.39 is 11.9 Å². The predicted octanol–water partition coefficient (Wildman–Crippen LogP) is 4.32. The van der Waals surface area contributed by atoms with Crippen molar-refractivity contribution in [2.45, 2.75) is 91.9 Å². The van der Waals surface area contributed by atoms with E-state index in [4.69, 9.17) is 0 Å². The number of benzene rings is 1. The van der Waals surface area contributed by atoms with Crippen molar-refractivity contribution in [2.24, 2.45) is 0 Å². The molecule has 0 aromatic heterocycles. The number of hydrogen-bond donors (Lipinski definition) is 0. The molecule has 0 amide bonds. The smallest absolute Gasteiger partial charge is 0.550 e. The van der Waals surface area contributed by atoms with Gasteiger partial charge in [-0.05, 0) is 25.3 Å². The molecule has 1 rings (SSSR count). The van der Waals surface area contributed by atoms with Crippen LogP contribution in [0.1, 0.15) is 101 Å². The molecule has 0 saturated carbocycles. The summed E-state index contributed by atoms with van der Waals surface area (Å²) in [6.07, 6.45) is 10.2. The molecule has 0 fully saturated rings. The van der Waals surface area contributed by atoms with Gasteiger partial charge in [0.1, 0.15) is 0 Å². The van der Waals surface area contributed by atoms with Crippen LogP contribution in [0.15, 0.2) is 24.3 Å². The molecule has 0 N–H and O–H groups in total. The monoisotopic (exact) mass is 512 g/mol. The van der Waals surface area contributed by atoms with Gasteiger partial charge in [0.25, 0.3) is 0 Å². The van der Waals surface area contributed by atoms with Gasteiger partial charge in [-0.2, -0.15) is 0 Å². The van der Waals surface area contributed by atoms with E-state index in [1.54, 1.807) is 12.1 Å². The maximum Gasteiger partial charge on any atom is 2.00 e. The third-order valence-corrected chi connectivity index (χ3v) is 3.48. The van der Waals surface area contributed by atoms with Crippen LogP contribution in [0, 0.1) is 20.8 Å². The van der Waals surface area contributed by atoms with Crippen molar-refractivity contribution in [3.63, 3.8) is 0 Å². The van der Waals surface area contributed by atoms with E-state index in [0.717, 1.165) is 37.7 Å². The summed E-state index contributed by atoms with van der Waals surface area (Å²) >= 11 is 0. The first kappa shape index (κ1) is 35.4.